The topological polar surface area (TPSA) is 34.1 Å². The standard InChI is InChI=1S/C13H16O2S/c1-2-3-4-9-16-13(15)12-7-5-11(10-14)6-8-12/h5-8,10H,2-4,9H2,1H3. The van der Waals surface area contributed by atoms with Crippen LogP contribution in [0.1, 0.15) is 46.9 Å². The van der Waals surface area contributed by atoms with Crippen molar-refractivity contribution in [3.05, 3.63) is 35.4 Å². The first-order valence-corrected chi connectivity index (χ1v) is 6.49. The average molecular weight is 236 g/mol. The van der Waals surface area contributed by atoms with Crippen LogP contribution in [0, 0.1) is 0 Å². The molecule has 0 aliphatic carbocycles. The summed E-state index contributed by atoms with van der Waals surface area (Å²) in [6, 6.07) is 6.76. The highest BCUT2D eigenvalue weighted by molar-refractivity contribution is 8.14. The van der Waals surface area contributed by atoms with Crippen molar-refractivity contribution in [2.45, 2.75) is 26.2 Å². The summed E-state index contributed by atoms with van der Waals surface area (Å²) >= 11 is 1.36. The van der Waals surface area contributed by atoms with Crippen LogP contribution in [0.3, 0.4) is 0 Å². The molecule has 0 saturated carbocycles. The number of thioether (sulfide) groups is 1. The minimum atomic E-state index is 0.0913. The van der Waals surface area contributed by atoms with Gasteiger partial charge < -0.3 is 0 Å². The zero-order valence-electron chi connectivity index (χ0n) is 9.44. The maximum atomic E-state index is 11.7. The van der Waals surface area contributed by atoms with E-state index in [1.54, 1.807) is 24.3 Å². The summed E-state index contributed by atoms with van der Waals surface area (Å²) in [6.07, 6.45) is 4.20. The van der Waals surface area contributed by atoms with Gasteiger partial charge in [0.25, 0.3) is 0 Å². The maximum absolute atomic E-state index is 11.7. The molecule has 0 heterocycles. The molecule has 86 valence electrons. The minimum absolute atomic E-state index is 0.0913. The Balaban J connectivity index is 2.43. The van der Waals surface area contributed by atoms with E-state index in [0.717, 1.165) is 18.5 Å². The molecule has 0 atom stereocenters. The van der Waals surface area contributed by atoms with Crippen molar-refractivity contribution in [2.75, 3.05) is 5.75 Å². The van der Waals surface area contributed by atoms with E-state index in [-0.39, 0.29) is 5.12 Å². The highest BCUT2D eigenvalue weighted by atomic mass is 32.2. The van der Waals surface area contributed by atoms with Gasteiger partial charge in [0.15, 0.2) is 0 Å². The predicted octanol–water partition coefficient (Wildman–Crippen LogP) is 3.56. The third kappa shape index (κ3) is 4.19. The zero-order chi connectivity index (χ0) is 11.8. The van der Waals surface area contributed by atoms with E-state index >= 15 is 0 Å². The van der Waals surface area contributed by atoms with Gasteiger partial charge in [0.1, 0.15) is 6.29 Å². The van der Waals surface area contributed by atoms with Gasteiger partial charge >= 0.3 is 0 Å². The van der Waals surface area contributed by atoms with Crippen LogP contribution in [0.5, 0.6) is 0 Å². The molecular formula is C13H16O2S. The van der Waals surface area contributed by atoms with Crippen molar-refractivity contribution >= 4 is 23.2 Å². The Hall–Kier alpha value is -1.09. The second kappa shape index (κ2) is 7.23. The third-order valence-electron chi connectivity index (χ3n) is 2.26. The van der Waals surface area contributed by atoms with Crippen LogP contribution in [0.25, 0.3) is 0 Å². The second-order valence-electron chi connectivity index (χ2n) is 3.58. The van der Waals surface area contributed by atoms with E-state index in [0.29, 0.717) is 11.1 Å². The Morgan fingerprint density at radius 3 is 2.50 bits per heavy atom. The Kier molecular flexibility index (Phi) is 5.86. The molecule has 3 heteroatoms. The van der Waals surface area contributed by atoms with Crippen LogP contribution in [0.4, 0.5) is 0 Å². The van der Waals surface area contributed by atoms with Crippen LogP contribution >= 0.6 is 11.8 Å². The van der Waals surface area contributed by atoms with Gasteiger partial charge in [-0.05, 0) is 18.6 Å². The smallest absolute Gasteiger partial charge is 0.219 e. The lowest BCUT2D eigenvalue weighted by Gasteiger charge is -2.00. The first kappa shape index (κ1) is 13.0. The molecule has 1 rings (SSSR count). The highest BCUT2D eigenvalue weighted by Crippen LogP contribution is 2.15. The summed E-state index contributed by atoms with van der Waals surface area (Å²) in [6.45, 7) is 2.14. The Morgan fingerprint density at radius 2 is 1.94 bits per heavy atom. The van der Waals surface area contributed by atoms with Gasteiger partial charge in [0.05, 0.1) is 0 Å². The number of hydrogen-bond donors (Lipinski definition) is 0. The van der Waals surface area contributed by atoms with Crippen molar-refractivity contribution in [3.63, 3.8) is 0 Å². The third-order valence-corrected chi connectivity index (χ3v) is 3.25. The minimum Gasteiger partial charge on any atom is -0.298 e. The second-order valence-corrected chi connectivity index (χ2v) is 4.65. The molecule has 0 radical (unpaired) electrons. The van der Waals surface area contributed by atoms with Gasteiger partial charge in [-0.3, -0.25) is 9.59 Å². The fraction of sp³-hybridized carbons (Fsp3) is 0.385. The SMILES string of the molecule is CCCCCSC(=O)c1ccc(C=O)cc1. The van der Waals surface area contributed by atoms with Crippen LogP contribution in [0.15, 0.2) is 24.3 Å². The monoisotopic (exact) mass is 236 g/mol. The van der Waals surface area contributed by atoms with Crippen molar-refractivity contribution in [1.82, 2.24) is 0 Å². The van der Waals surface area contributed by atoms with Gasteiger partial charge in [-0.25, -0.2) is 0 Å². The number of aldehydes is 1. The molecule has 0 amide bonds. The number of benzene rings is 1. The van der Waals surface area contributed by atoms with Gasteiger partial charge in [-0.15, -0.1) is 0 Å². The highest BCUT2D eigenvalue weighted by Gasteiger charge is 2.05. The molecular weight excluding hydrogens is 220 g/mol. The summed E-state index contributed by atoms with van der Waals surface area (Å²) in [7, 11) is 0. The normalized spacial score (nSPS) is 10.1. The first-order chi connectivity index (χ1) is 7.77. The Labute approximate surface area is 100 Å². The van der Waals surface area contributed by atoms with Crippen LogP contribution in [-0.2, 0) is 0 Å². The zero-order valence-corrected chi connectivity index (χ0v) is 10.3. The molecule has 0 aliphatic rings. The molecule has 0 N–H and O–H groups in total. The molecule has 1 aromatic carbocycles. The number of carbonyl (C=O) groups excluding carboxylic acids is 2. The molecule has 16 heavy (non-hydrogen) atoms. The largest absolute Gasteiger partial charge is 0.298 e. The van der Waals surface area contributed by atoms with Gasteiger partial charge in [-0.1, -0.05) is 43.7 Å². The number of unbranched alkanes of at least 4 members (excludes halogenated alkanes) is 2. The first-order valence-electron chi connectivity index (χ1n) is 5.50. The summed E-state index contributed by atoms with van der Waals surface area (Å²) in [5.74, 6) is 0.877. The van der Waals surface area contributed by atoms with Crippen molar-refractivity contribution in [3.8, 4) is 0 Å². The van der Waals surface area contributed by atoms with Crippen molar-refractivity contribution in [1.29, 1.82) is 0 Å². The average Bonchev–Trinajstić information content (AvgIpc) is 2.34. The number of hydrogen-bond acceptors (Lipinski definition) is 3. The molecule has 0 fully saturated rings. The molecule has 2 nitrogen and oxygen atoms in total. The van der Waals surface area contributed by atoms with E-state index in [2.05, 4.69) is 6.92 Å². The Bertz CT molecular complexity index is 343. The number of carbonyl (C=O) groups is 2. The fourth-order valence-corrected chi connectivity index (χ4v) is 2.13. The fourth-order valence-electron chi connectivity index (χ4n) is 1.30. The molecule has 0 bridgehead atoms. The van der Waals surface area contributed by atoms with E-state index in [1.165, 1.54) is 24.6 Å². The molecule has 1 aromatic rings. The van der Waals surface area contributed by atoms with E-state index < -0.39 is 0 Å². The lowest BCUT2D eigenvalue weighted by Crippen LogP contribution is -1.95. The summed E-state index contributed by atoms with van der Waals surface area (Å²) in [5.41, 5.74) is 1.28. The molecule has 0 spiro atoms. The van der Waals surface area contributed by atoms with Gasteiger partial charge in [0.2, 0.25) is 5.12 Å². The number of rotatable bonds is 6. The van der Waals surface area contributed by atoms with Crippen molar-refractivity contribution in [2.24, 2.45) is 0 Å². The van der Waals surface area contributed by atoms with E-state index in [1.807, 2.05) is 0 Å². The quantitative estimate of drug-likeness (QED) is 0.559. The van der Waals surface area contributed by atoms with Crippen LogP contribution in [0.2, 0.25) is 0 Å². The van der Waals surface area contributed by atoms with Crippen LogP contribution < -0.4 is 0 Å². The molecule has 0 unspecified atom stereocenters. The van der Waals surface area contributed by atoms with Gasteiger partial charge in [-0.2, -0.15) is 0 Å². The van der Waals surface area contributed by atoms with Crippen LogP contribution in [-0.4, -0.2) is 17.2 Å². The summed E-state index contributed by atoms with van der Waals surface area (Å²) < 4.78 is 0. The predicted molar refractivity (Wildman–Crippen MR) is 68.1 cm³/mol. The lowest BCUT2D eigenvalue weighted by atomic mass is 10.2. The molecule has 0 aliphatic heterocycles. The molecule has 0 saturated heterocycles. The van der Waals surface area contributed by atoms with E-state index in [9.17, 15) is 9.59 Å². The van der Waals surface area contributed by atoms with Gasteiger partial charge in [0, 0.05) is 16.9 Å². The summed E-state index contributed by atoms with van der Waals surface area (Å²) in [4.78, 5) is 22.1. The lowest BCUT2D eigenvalue weighted by molar-refractivity contribution is 0.108. The Morgan fingerprint density at radius 1 is 1.25 bits per heavy atom. The maximum Gasteiger partial charge on any atom is 0.219 e. The van der Waals surface area contributed by atoms with Crippen molar-refractivity contribution < 1.29 is 9.59 Å². The summed E-state index contributed by atoms with van der Waals surface area (Å²) in [5, 5.41) is 0.0913. The molecule has 0 aromatic heterocycles. The van der Waals surface area contributed by atoms with E-state index in [4.69, 9.17) is 0 Å².